The molecule has 1 aliphatic carbocycles. The SMILES string of the molecule is CC(C)(c1ccccc1)C(O)CC1CCC1. The molecule has 0 aromatic heterocycles. The average Bonchev–Trinajstić information content (AvgIpc) is 2.24. The van der Waals surface area contributed by atoms with Crippen molar-refractivity contribution in [3.8, 4) is 0 Å². The minimum atomic E-state index is -0.222. The van der Waals surface area contributed by atoms with E-state index in [1.807, 2.05) is 18.2 Å². The zero-order valence-electron chi connectivity index (χ0n) is 10.3. The molecule has 16 heavy (non-hydrogen) atoms. The topological polar surface area (TPSA) is 20.2 Å². The first-order valence-corrected chi connectivity index (χ1v) is 6.34. The van der Waals surface area contributed by atoms with Crippen LogP contribution in [0, 0.1) is 5.92 Å². The predicted molar refractivity (Wildman–Crippen MR) is 67.4 cm³/mol. The molecule has 1 fully saturated rings. The third kappa shape index (κ3) is 2.30. The molecule has 1 aromatic rings. The Kier molecular flexibility index (Phi) is 3.34. The van der Waals surface area contributed by atoms with E-state index in [2.05, 4.69) is 26.0 Å². The lowest BCUT2D eigenvalue weighted by Gasteiger charge is -2.36. The first-order valence-electron chi connectivity index (χ1n) is 6.34. The van der Waals surface area contributed by atoms with E-state index in [0.29, 0.717) is 0 Å². The van der Waals surface area contributed by atoms with E-state index in [9.17, 15) is 5.11 Å². The van der Waals surface area contributed by atoms with Gasteiger partial charge >= 0.3 is 0 Å². The molecule has 88 valence electrons. The minimum absolute atomic E-state index is 0.128. The highest BCUT2D eigenvalue weighted by atomic mass is 16.3. The number of aliphatic hydroxyl groups excluding tert-OH is 1. The minimum Gasteiger partial charge on any atom is -0.392 e. The number of hydrogen-bond acceptors (Lipinski definition) is 1. The van der Waals surface area contributed by atoms with Crippen LogP contribution in [0.2, 0.25) is 0 Å². The van der Waals surface area contributed by atoms with E-state index >= 15 is 0 Å². The van der Waals surface area contributed by atoms with Crippen LogP contribution in [0.4, 0.5) is 0 Å². The molecule has 1 atom stereocenters. The number of hydrogen-bond donors (Lipinski definition) is 1. The Labute approximate surface area is 98.5 Å². The van der Waals surface area contributed by atoms with Gasteiger partial charge in [-0.3, -0.25) is 0 Å². The first kappa shape index (κ1) is 11.7. The summed E-state index contributed by atoms with van der Waals surface area (Å²) in [7, 11) is 0. The van der Waals surface area contributed by atoms with Crippen LogP contribution < -0.4 is 0 Å². The summed E-state index contributed by atoms with van der Waals surface area (Å²) in [4.78, 5) is 0. The summed E-state index contributed by atoms with van der Waals surface area (Å²) in [5.74, 6) is 0.762. The highest BCUT2D eigenvalue weighted by Crippen LogP contribution is 2.36. The van der Waals surface area contributed by atoms with Crippen molar-refractivity contribution in [1.82, 2.24) is 0 Å². The lowest BCUT2D eigenvalue weighted by molar-refractivity contribution is 0.0591. The molecule has 1 N–H and O–H groups in total. The van der Waals surface area contributed by atoms with E-state index < -0.39 is 0 Å². The quantitative estimate of drug-likeness (QED) is 0.820. The zero-order chi connectivity index (χ0) is 11.6. The standard InChI is InChI=1S/C15H22O/c1-15(2,13-9-4-3-5-10-13)14(16)11-12-7-6-8-12/h3-5,9-10,12,14,16H,6-8,11H2,1-2H3. The molecule has 0 amide bonds. The average molecular weight is 218 g/mol. The second-order valence-electron chi connectivity index (χ2n) is 5.64. The molecule has 1 aromatic carbocycles. The van der Waals surface area contributed by atoms with Gasteiger partial charge in [0.2, 0.25) is 0 Å². The largest absolute Gasteiger partial charge is 0.392 e. The van der Waals surface area contributed by atoms with Gasteiger partial charge in [0, 0.05) is 5.41 Å². The van der Waals surface area contributed by atoms with Crippen LogP contribution in [0.3, 0.4) is 0 Å². The van der Waals surface area contributed by atoms with E-state index in [4.69, 9.17) is 0 Å². The second-order valence-corrected chi connectivity index (χ2v) is 5.64. The van der Waals surface area contributed by atoms with Gasteiger partial charge in [-0.05, 0) is 17.9 Å². The van der Waals surface area contributed by atoms with Gasteiger partial charge < -0.3 is 5.11 Å². The lowest BCUT2D eigenvalue weighted by atomic mass is 9.72. The molecule has 0 heterocycles. The van der Waals surface area contributed by atoms with E-state index in [1.54, 1.807) is 0 Å². The molecule has 2 rings (SSSR count). The maximum absolute atomic E-state index is 10.4. The van der Waals surface area contributed by atoms with Crippen molar-refractivity contribution in [2.45, 2.75) is 51.0 Å². The summed E-state index contributed by atoms with van der Waals surface area (Å²) < 4.78 is 0. The van der Waals surface area contributed by atoms with Crippen LogP contribution in [0.1, 0.15) is 45.1 Å². The van der Waals surface area contributed by atoms with Gasteiger partial charge in [-0.2, -0.15) is 0 Å². The fourth-order valence-electron chi connectivity index (χ4n) is 2.40. The maximum Gasteiger partial charge on any atom is 0.0634 e. The third-order valence-corrected chi connectivity index (χ3v) is 4.13. The summed E-state index contributed by atoms with van der Waals surface area (Å²) in [5, 5.41) is 10.4. The predicted octanol–water partition coefficient (Wildman–Crippen LogP) is 3.52. The molecule has 0 aliphatic heterocycles. The van der Waals surface area contributed by atoms with Crippen LogP contribution in [-0.4, -0.2) is 11.2 Å². The van der Waals surface area contributed by atoms with Gasteiger partial charge in [0.05, 0.1) is 6.10 Å². The normalized spacial score (nSPS) is 19.2. The fraction of sp³-hybridized carbons (Fsp3) is 0.600. The summed E-state index contributed by atoms with van der Waals surface area (Å²) in [6, 6.07) is 10.4. The Bertz CT molecular complexity index is 325. The second kappa shape index (κ2) is 4.58. The Balaban J connectivity index is 2.05. The van der Waals surface area contributed by atoms with Crippen molar-refractivity contribution in [1.29, 1.82) is 0 Å². The summed E-state index contributed by atoms with van der Waals surface area (Å²) >= 11 is 0. The zero-order valence-corrected chi connectivity index (χ0v) is 10.3. The molecule has 0 saturated heterocycles. The number of aliphatic hydroxyl groups is 1. The van der Waals surface area contributed by atoms with Crippen molar-refractivity contribution in [2.75, 3.05) is 0 Å². The van der Waals surface area contributed by atoms with Gasteiger partial charge in [0.15, 0.2) is 0 Å². The lowest BCUT2D eigenvalue weighted by Crippen LogP contribution is -2.36. The van der Waals surface area contributed by atoms with Gasteiger partial charge in [0.1, 0.15) is 0 Å². The van der Waals surface area contributed by atoms with Crippen LogP contribution in [-0.2, 0) is 5.41 Å². The van der Waals surface area contributed by atoms with Gasteiger partial charge in [-0.15, -0.1) is 0 Å². The Morgan fingerprint density at radius 2 is 1.88 bits per heavy atom. The fourth-order valence-corrected chi connectivity index (χ4v) is 2.40. The van der Waals surface area contributed by atoms with Gasteiger partial charge in [-0.1, -0.05) is 63.4 Å². The van der Waals surface area contributed by atoms with Crippen LogP contribution in [0.5, 0.6) is 0 Å². The molecular weight excluding hydrogens is 196 g/mol. The molecule has 1 heteroatoms. The number of benzene rings is 1. The van der Waals surface area contributed by atoms with Crippen molar-refractivity contribution in [2.24, 2.45) is 5.92 Å². The van der Waals surface area contributed by atoms with Crippen molar-refractivity contribution < 1.29 is 5.11 Å². The van der Waals surface area contributed by atoms with Gasteiger partial charge in [0.25, 0.3) is 0 Å². The summed E-state index contributed by atoms with van der Waals surface area (Å²) in [5.41, 5.74) is 1.11. The highest BCUT2D eigenvalue weighted by Gasteiger charge is 2.32. The molecule has 0 radical (unpaired) electrons. The third-order valence-electron chi connectivity index (χ3n) is 4.13. The maximum atomic E-state index is 10.4. The molecule has 1 unspecified atom stereocenters. The molecule has 1 saturated carbocycles. The first-order chi connectivity index (χ1) is 7.60. The van der Waals surface area contributed by atoms with E-state index in [0.717, 1.165) is 12.3 Å². The van der Waals surface area contributed by atoms with Crippen LogP contribution >= 0.6 is 0 Å². The van der Waals surface area contributed by atoms with E-state index in [-0.39, 0.29) is 11.5 Å². The summed E-state index contributed by atoms with van der Waals surface area (Å²) in [6.07, 6.45) is 4.70. The van der Waals surface area contributed by atoms with Crippen molar-refractivity contribution in [3.63, 3.8) is 0 Å². The Hall–Kier alpha value is -0.820. The Morgan fingerprint density at radius 3 is 2.38 bits per heavy atom. The van der Waals surface area contributed by atoms with E-state index in [1.165, 1.54) is 24.8 Å². The van der Waals surface area contributed by atoms with Gasteiger partial charge in [-0.25, -0.2) is 0 Å². The Morgan fingerprint density at radius 1 is 1.25 bits per heavy atom. The molecule has 0 bridgehead atoms. The molecular formula is C15H22O. The van der Waals surface area contributed by atoms with Crippen molar-refractivity contribution in [3.05, 3.63) is 35.9 Å². The molecule has 0 spiro atoms. The van der Waals surface area contributed by atoms with Crippen LogP contribution in [0.15, 0.2) is 30.3 Å². The molecule has 1 aliphatic rings. The van der Waals surface area contributed by atoms with Crippen LogP contribution in [0.25, 0.3) is 0 Å². The smallest absolute Gasteiger partial charge is 0.0634 e. The summed E-state index contributed by atoms with van der Waals surface area (Å²) in [6.45, 7) is 4.29. The molecule has 1 nitrogen and oxygen atoms in total. The number of rotatable bonds is 4. The van der Waals surface area contributed by atoms with Crippen molar-refractivity contribution >= 4 is 0 Å². The highest BCUT2D eigenvalue weighted by molar-refractivity contribution is 5.25. The monoisotopic (exact) mass is 218 g/mol.